The number of rotatable bonds is 2. The zero-order valence-corrected chi connectivity index (χ0v) is 9.06. The van der Waals surface area contributed by atoms with E-state index in [1.807, 2.05) is 0 Å². The van der Waals surface area contributed by atoms with Crippen LogP contribution in [0.15, 0.2) is 0 Å². The van der Waals surface area contributed by atoms with Gasteiger partial charge in [0.2, 0.25) is 0 Å². The fourth-order valence-electron chi connectivity index (χ4n) is 1.90. The summed E-state index contributed by atoms with van der Waals surface area (Å²) in [7, 11) is 2.23. The fraction of sp³-hybridized carbons (Fsp3) is 1.00. The molecule has 0 amide bonds. The lowest BCUT2D eigenvalue weighted by Crippen LogP contribution is -2.15. The van der Waals surface area contributed by atoms with Gasteiger partial charge in [-0.3, -0.25) is 0 Å². The van der Waals surface area contributed by atoms with Gasteiger partial charge in [-0.1, -0.05) is 20.8 Å². The summed E-state index contributed by atoms with van der Waals surface area (Å²) in [6, 6.07) is 0. The van der Waals surface area contributed by atoms with Crippen molar-refractivity contribution in [3.8, 4) is 0 Å². The van der Waals surface area contributed by atoms with E-state index in [2.05, 4.69) is 32.7 Å². The molecule has 12 heavy (non-hydrogen) atoms. The van der Waals surface area contributed by atoms with Gasteiger partial charge in [0.05, 0.1) is 0 Å². The van der Waals surface area contributed by atoms with Crippen molar-refractivity contribution in [1.82, 2.24) is 4.90 Å². The standard InChI is InChI=1S/C11H23N/c1-11(2,3)7-5-10-6-8-12(4)9-10/h10H,5-9H2,1-4H3/t10-/m0/s1. The van der Waals surface area contributed by atoms with Crippen LogP contribution in [0.1, 0.15) is 40.0 Å². The van der Waals surface area contributed by atoms with Crippen molar-refractivity contribution < 1.29 is 0 Å². The highest BCUT2D eigenvalue weighted by Gasteiger charge is 2.21. The first-order valence-electron chi connectivity index (χ1n) is 5.16. The third-order valence-corrected chi connectivity index (χ3v) is 2.79. The van der Waals surface area contributed by atoms with Crippen molar-refractivity contribution >= 4 is 0 Å². The molecule has 0 aromatic heterocycles. The molecule has 72 valence electrons. The highest BCUT2D eigenvalue weighted by Crippen LogP contribution is 2.27. The second kappa shape index (κ2) is 3.78. The van der Waals surface area contributed by atoms with Crippen molar-refractivity contribution in [2.75, 3.05) is 20.1 Å². The van der Waals surface area contributed by atoms with Crippen molar-refractivity contribution in [2.45, 2.75) is 40.0 Å². The molecule has 1 rings (SSSR count). The molecule has 1 nitrogen and oxygen atoms in total. The molecule has 0 aromatic rings. The smallest absolute Gasteiger partial charge is 0.000709 e. The second-order valence-electron chi connectivity index (χ2n) is 5.52. The van der Waals surface area contributed by atoms with E-state index in [-0.39, 0.29) is 0 Å². The topological polar surface area (TPSA) is 3.24 Å². The second-order valence-corrected chi connectivity index (χ2v) is 5.52. The first-order chi connectivity index (χ1) is 5.47. The Hall–Kier alpha value is -0.0400. The van der Waals surface area contributed by atoms with Gasteiger partial charge in [-0.2, -0.15) is 0 Å². The van der Waals surface area contributed by atoms with Gasteiger partial charge in [-0.05, 0) is 44.2 Å². The number of likely N-dealkylation sites (tertiary alicyclic amines) is 1. The molecule has 0 N–H and O–H groups in total. The quantitative estimate of drug-likeness (QED) is 0.614. The van der Waals surface area contributed by atoms with E-state index >= 15 is 0 Å². The number of nitrogens with zero attached hydrogens (tertiary/aromatic N) is 1. The van der Waals surface area contributed by atoms with Gasteiger partial charge in [0.1, 0.15) is 0 Å². The molecule has 1 atom stereocenters. The summed E-state index contributed by atoms with van der Waals surface area (Å²) in [6.07, 6.45) is 4.23. The molecule has 1 heteroatoms. The van der Waals surface area contributed by atoms with E-state index in [1.165, 1.54) is 32.4 Å². The summed E-state index contributed by atoms with van der Waals surface area (Å²) in [5, 5.41) is 0. The van der Waals surface area contributed by atoms with Crippen LogP contribution in [0.2, 0.25) is 0 Å². The lowest BCUT2D eigenvalue weighted by Gasteiger charge is -2.20. The van der Waals surface area contributed by atoms with Crippen LogP contribution in [-0.4, -0.2) is 25.0 Å². The maximum Gasteiger partial charge on any atom is 0.000709 e. The van der Waals surface area contributed by atoms with Gasteiger partial charge in [0, 0.05) is 6.54 Å². The largest absolute Gasteiger partial charge is 0.306 e. The molecule has 1 saturated heterocycles. The van der Waals surface area contributed by atoms with Gasteiger partial charge >= 0.3 is 0 Å². The molecular formula is C11H23N. The Bertz CT molecular complexity index is 134. The summed E-state index contributed by atoms with van der Waals surface area (Å²) in [4.78, 5) is 2.45. The Morgan fingerprint density at radius 1 is 1.33 bits per heavy atom. The van der Waals surface area contributed by atoms with Crippen molar-refractivity contribution in [3.05, 3.63) is 0 Å². The number of hydrogen-bond donors (Lipinski definition) is 0. The van der Waals surface area contributed by atoms with Crippen LogP contribution in [0.3, 0.4) is 0 Å². The Morgan fingerprint density at radius 2 is 2.00 bits per heavy atom. The van der Waals surface area contributed by atoms with E-state index in [1.54, 1.807) is 0 Å². The SMILES string of the molecule is CN1CC[C@H](CCC(C)(C)C)C1. The van der Waals surface area contributed by atoms with Gasteiger partial charge in [0.15, 0.2) is 0 Å². The zero-order valence-electron chi connectivity index (χ0n) is 9.06. The maximum absolute atomic E-state index is 2.45. The summed E-state index contributed by atoms with van der Waals surface area (Å²) in [5.41, 5.74) is 0.529. The lowest BCUT2D eigenvalue weighted by atomic mass is 9.86. The first kappa shape index (κ1) is 10.0. The van der Waals surface area contributed by atoms with Crippen molar-refractivity contribution in [3.63, 3.8) is 0 Å². The summed E-state index contributed by atoms with van der Waals surface area (Å²) >= 11 is 0. The summed E-state index contributed by atoms with van der Waals surface area (Å²) in [6.45, 7) is 9.66. The molecule has 0 bridgehead atoms. The first-order valence-corrected chi connectivity index (χ1v) is 5.16. The molecule has 0 aliphatic carbocycles. The Morgan fingerprint density at radius 3 is 2.42 bits per heavy atom. The molecule has 1 heterocycles. The Labute approximate surface area is 77.1 Å². The minimum Gasteiger partial charge on any atom is -0.306 e. The van der Waals surface area contributed by atoms with Crippen LogP contribution in [0.25, 0.3) is 0 Å². The van der Waals surface area contributed by atoms with Crippen LogP contribution in [0, 0.1) is 11.3 Å². The van der Waals surface area contributed by atoms with E-state index in [4.69, 9.17) is 0 Å². The van der Waals surface area contributed by atoms with Gasteiger partial charge in [-0.25, -0.2) is 0 Å². The van der Waals surface area contributed by atoms with Gasteiger partial charge < -0.3 is 4.90 Å². The molecule has 1 aliphatic heterocycles. The average Bonchev–Trinajstić information content (AvgIpc) is 2.30. The summed E-state index contributed by atoms with van der Waals surface area (Å²) in [5.74, 6) is 0.981. The third kappa shape index (κ3) is 3.57. The van der Waals surface area contributed by atoms with E-state index in [9.17, 15) is 0 Å². The lowest BCUT2D eigenvalue weighted by molar-refractivity contribution is 0.316. The van der Waals surface area contributed by atoms with Crippen molar-refractivity contribution in [2.24, 2.45) is 11.3 Å². The van der Waals surface area contributed by atoms with Crippen LogP contribution in [-0.2, 0) is 0 Å². The Balaban J connectivity index is 2.16. The highest BCUT2D eigenvalue weighted by atomic mass is 15.1. The van der Waals surface area contributed by atoms with Crippen LogP contribution in [0.4, 0.5) is 0 Å². The van der Waals surface area contributed by atoms with Gasteiger partial charge in [0.25, 0.3) is 0 Å². The molecule has 1 aliphatic rings. The molecule has 1 fully saturated rings. The molecule has 0 unspecified atom stereocenters. The van der Waals surface area contributed by atoms with Crippen LogP contribution < -0.4 is 0 Å². The van der Waals surface area contributed by atoms with E-state index < -0.39 is 0 Å². The van der Waals surface area contributed by atoms with E-state index in [0.717, 1.165) is 5.92 Å². The monoisotopic (exact) mass is 169 g/mol. The minimum absolute atomic E-state index is 0.529. The van der Waals surface area contributed by atoms with Crippen LogP contribution >= 0.6 is 0 Å². The third-order valence-electron chi connectivity index (χ3n) is 2.79. The highest BCUT2D eigenvalue weighted by molar-refractivity contribution is 4.75. The van der Waals surface area contributed by atoms with Gasteiger partial charge in [-0.15, -0.1) is 0 Å². The van der Waals surface area contributed by atoms with E-state index in [0.29, 0.717) is 5.41 Å². The van der Waals surface area contributed by atoms with Crippen molar-refractivity contribution in [1.29, 1.82) is 0 Å². The Kier molecular flexibility index (Phi) is 3.16. The molecular weight excluding hydrogens is 146 g/mol. The molecule has 0 saturated carbocycles. The minimum atomic E-state index is 0.529. The predicted octanol–water partition coefficient (Wildman–Crippen LogP) is 2.76. The molecule has 0 aromatic carbocycles. The average molecular weight is 169 g/mol. The zero-order chi connectivity index (χ0) is 9.19. The maximum atomic E-state index is 2.45. The number of hydrogen-bond acceptors (Lipinski definition) is 1. The predicted molar refractivity (Wildman–Crippen MR) is 54.3 cm³/mol. The van der Waals surface area contributed by atoms with Crippen LogP contribution in [0.5, 0.6) is 0 Å². The summed E-state index contributed by atoms with van der Waals surface area (Å²) < 4.78 is 0. The fourth-order valence-corrected chi connectivity index (χ4v) is 1.90. The molecule has 0 radical (unpaired) electrons. The molecule has 0 spiro atoms. The normalized spacial score (nSPS) is 26.5.